The lowest BCUT2D eigenvalue weighted by atomic mass is 10.0. The summed E-state index contributed by atoms with van der Waals surface area (Å²) < 4.78 is 23.4. The summed E-state index contributed by atoms with van der Waals surface area (Å²) in [6, 6.07) is 7.92. The van der Waals surface area contributed by atoms with Crippen molar-refractivity contribution in [3.8, 4) is 0 Å². The Morgan fingerprint density at radius 3 is 2.85 bits per heavy atom. The van der Waals surface area contributed by atoms with Crippen molar-refractivity contribution < 1.29 is 8.42 Å². The first-order valence-electron chi connectivity index (χ1n) is 6.93. The van der Waals surface area contributed by atoms with Gasteiger partial charge in [0.15, 0.2) is 9.84 Å². The molecular weight excluding hydrogens is 296 g/mol. The summed E-state index contributed by atoms with van der Waals surface area (Å²) in [5.74, 6) is 0.417. The van der Waals surface area contributed by atoms with Gasteiger partial charge in [-0.3, -0.25) is 4.90 Å². The number of sulfone groups is 1. The molecule has 0 aromatic heterocycles. The fraction of sp³-hybridized carbons (Fsp3) is 0.571. The number of hydrogen-bond donors (Lipinski definition) is 1. The lowest BCUT2D eigenvalue weighted by Gasteiger charge is -2.36. The quantitative estimate of drug-likeness (QED) is 0.898. The first kappa shape index (κ1) is 15.8. The molecule has 0 bridgehead atoms. The molecule has 1 aliphatic heterocycles. The molecule has 112 valence electrons. The number of nitrogens with one attached hydrogen (secondary N) is 1. The Morgan fingerprint density at radius 2 is 2.15 bits per heavy atom. The van der Waals surface area contributed by atoms with Crippen molar-refractivity contribution in [3.63, 3.8) is 0 Å². The van der Waals surface area contributed by atoms with Crippen LogP contribution in [0.1, 0.15) is 18.5 Å². The highest BCUT2D eigenvalue weighted by Crippen LogP contribution is 2.28. The minimum atomic E-state index is -2.93. The maximum Gasteiger partial charge on any atom is 0.151 e. The fourth-order valence-corrected chi connectivity index (χ4v) is 3.53. The molecule has 1 N–H and O–H groups in total. The second-order valence-electron chi connectivity index (χ2n) is 5.01. The number of rotatable bonds is 5. The Kier molecular flexibility index (Phi) is 5.43. The molecule has 0 amide bonds. The van der Waals surface area contributed by atoms with E-state index in [1.54, 1.807) is 6.92 Å². The summed E-state index contributed by atoms with van der Waals surface area (Å²) in [6.45, 7) is 4.78. The fourth-order valence-electron chi connectivity index (χ4n) is 2.47. The van der Waals surface area contributed by atoms with E-state index < -0.39 is 9.84 Å². The van der Waals surface area contributed by atoms with E-state index in [9.17, 15) is 8.42 Å². The third kappa shape index (κ3) is 3.95. The van der Waals surface area contributed by atoms with E-state index in [1.807, 2.05) is 24.3 Å². The van der Waals surface area contributed by atoms with Crippen molar-refractivity contribution in [2.45, 2.75) is 13.0 Å². The summed E-state index contributed by atoms with van der Waals surface area (Å²) >= 11 is 6.27. The monoisotopic (exact) mass is 316 g/mol. The van der Waals surface area contributed by atoms with Gasteiger partial charge in [-0.15, -0.1) is 0 Å². The number of piperazine rings is 1. The van der Waals surface area contributed by atoms with Gasteiger partial charge in [-0.05, 0) is 11.6 Å². The molecule has 6 heteroatoms. The van der Waals surface area contributed by atoms with Crippen LogP contribution in [-0.4, -0.2) is 51.0 Å². The molecule has 1 atom stereocenters. The van der Waals surface area contributed by atoms with Crippen LogP contribution in [0.5, 0.6) is 0 Å². The normalized spacial score (nSPS) is 21.0. The average Bonchev–Trinajstić information content (AvgIpc) is 2.46. The molecule has 0 aliphatic carbocycles. The second-order valence-corrected chi connectivity index (χ2v) is 7.89. The van der Waals surface area contributed by atoms with Crippen molar-refractivity contribution in [1.82, 2.24) is 10.2 Å². The Balaban J connectivity index is 2.12. The summed E-state index contributed by atoms with van der Waals surface area (Å²) in [5.41, 5.74) is 1.07. The van der Waals surface area contributed by atoms with Crippen LogP contribution < -0.4 is 5.32 Å². The molecule has 1 aromatic carbocycles. The summed E-state index contributed by atoms with van der Waals surface area (Å²) in [6.07, 6.45) is 0. The molecule has 0 spiro atoms. The lowest BCUT2D eigenvalue weighted by molar-refractivity contribution is 0.172. The van der Waals surface area contributed by atoms with Gasteiger partial charge in [0.1, 0.15) is 0 Å². The standard InChI is InChI=1S/C14H21ClN2O2S/c1-2-20(18,19)10-9-17-8-7-16-11-14(17)12-5-3-4-6-13(12)15/h3-6,14,16H,2,7-11H2,1H3. The highest BCUT2D eigenvalue weighted by molar-refractivity contribution is 7.91. The minimum Gasteiger partial charge on any atom is -0.314 e. The molecule has 20 heavy (non-hydrogen) atoms. The molecule has 0 saturated carbocycles. The van der Waals surface area contributed by atoms with Crippen LogP contribution in [0.4, 0.5) is 0 Å². The smallest absolute Gasteiger partial charge is 0.151 e. The van der Waals surface area contributed by atoms with Crippen LogP contribution in [0.2, 0.25) is 5.02 Å². The van der Waals surface area contributed by atoms with Crippen LogP contribution in [0, 0.1) is 0 Å². The zero-order valence-corrected chi connectivity index (χ0v) is 13.3. The summed E-state index contributed by atoms with van der Waals surface area (Å²) in [5, 5.41) is 4.09. The van der Waals surface area contributed by atoms with Gasteiger partial charge in [-0.2, -0.15) is 0 Å². The zero-order valence-electron chi connectivity index (χ0n) is 11.7. The van der Waals surface area contributed by atoms with Crippen molar-refractivity contribution in [3.05, 3.63) is 34.9 Å². The van der Waals surface area contributed by atoms with Crippen LogP contribution in [-0.2, 0) is 9.84 Å². The van der Waals surface area contributed by atoms with Gasteiger partial charge in [-0.25, -0.2) is 8.42 Å². The van der Waals surface area contributed by atoms with E-state index in [2.05, 4.69) is 10.2 Å². The van der Waals surface area contributed by atoms with Gasteiger partial charge in [0, 0.05) is 43.0 Å². The maximum atomic E-state index is 11.7. The maximum absolute atomic E-state index is 11.7. The molecule has 1 fully saturated rings. The molecule has 4 nitrogen and oxygen atoms in total. The van der Waals surface area contributed by atoms with Gasteiger partial charge >= 0.3 is 0 Å². The van der Waals surface area contributed by atoms with Gasteiger partial charge in [-0.1, -0.05) is 36.7 Å². The Labute approximate surface area is 126 Å². The number of nitrogens with zero attached hydrogens (tertiary/aromatic N) is 1. The van der Waals surface area contributed by atoms with Gasteiger partial charge in [0.2, 0.25) is 0 Å². The third-order valence-electron chi connectivity index (χ3n) is 3.75. The average molecular weight is 317 g/mol. The van der Waals surface area contributed by atoms with Gasteiger partial charge < -0.3 is 5.32 Å². The second kappa shape index (κ2) is 6.89. The first-order valence-corrected chi connectivity index (χ1v) is 9.13. The molecule has 0 radical (unpaired) electrons. The predicted octanol–water partition coefficient (Wildman–Crippen LogP) is 1.72. The largest absolute Gasteiger partial charge is 0.314 e. The summed E-state index contributed by atoms with van der Waals surface area (Å²) in [7, 11) is -2.93. The van der Waals surface area contributed by atoms with E-state index in [4.69, 9.17) is 11.6 Å². The number of benzene rings is 1. The Hall–Kier alpha value is -0.620. The Bertz CT molecular complexity index is 548. The molecular formula is C14H21ClN2O2S. The van der Waals surface area contributed by atoms with Gasteiger partial charge in [0.05, 0.1) is 5.75 Å². The topological polar surface area (TPSA) is 49.4 Å². The van der Waals surface area contributed by atoms with Crippen LogP contribution in [0.3, 0.4) is 0 Å². The van der Waals surface area contributed by atoms with Crippen molar-refractivity contribution in [1.29, 1.82) is 0 Å². The highest BCUT2D eigenvalue weighted by atomic mass is 35.5. The predicted molar refractivity (Wildman–Crippen MR) is 83.0 cm³/mol. The van der Waals surface area contributed by atoms with Crippen LogP contribution in [0.15, 0.2) is 24.3 Å². The van der Waals surface area contributed by atoms with E-state index in [-0.39, 0.29) is 17.5 Å². The summed E-state index contributed by atoms with van der Waals surface area (Å²) in [4.78, 5) is 2.21. The van der Waals surface area contributed by atoms with Crippen molar-refractivity contribution >= 4 is 21.4 Å². The molecule has 1 saturated heterocycles. The van der Waals surface area contributed by atoms with E-state index >= 15 is 0 Å². The minimum absolute atomic E-state index is 0.143. The SMILES string of the molecule is CCS(=O)(=O)CCN1CCNCC1c1ccccc1Cl. The zero-order chi connectivity index (χ0) is 14.6. The Morgan fingerprint density at radius 1 is 1.40 bits per heavy atom. The van der Waals surface area contributed by atoms with Gasteiger partial charge in [0.25, 0.3) is 0 Å². The highest BCUT2D eigenvalue weighted by Gasteiger charge is 2.26. The molecule has 1 heterocycles. The lowest BCUT2D eigenvalue weighted by Crippen LogP contribution is -2.47. The van der Waals surface area contributed by atoms with E-state index in [1.165, 1.54) is 0 Å². The number of halogens is 1. The third-order valence-corrected chi connectivity index (χ3v) is 5.78. The molecule has 2 rings (SSSR count). The molecule has 1 unspecified atom stereocenters. The molecule has 1 aliphatic rings. The molecule has 1 aromatic rings. The van der Waals surface area contributed by atoms with Crippen LogP contribution in [0.25, 0.3) is 0 Å². The van der Waals surface area contributed by atoms with E-state index in [0.29, 0.717) is 6.54 Å². The first-order chi connectivity index (χ1) is 9.53. The van der Waals surface area contributed by atoms with E-state index in [0.717, 1.165) is 30.2 Å². The van der Waals surface area contributed by atoms with Crippen molar-refractivity contribution in [2.75, 3.05) is 37.7 Å². The number of hydrogen-bond acceptors (Lipinski definition) is 4. The van der Waals surface area contributed by atoms with Crippen LogP contribution >= 0.6 is 11.6 Å². The van der Waals surface area contributed by atoms with Crippen molar-refractivity contribution in [2.24, 2.45) is 0 Å².